The molecule has 138 valence electrons. The molecule has 0 unspecified atom stereocenters. The number of hydrogen-bond donors (Lipinski definition) is 1. The van der Waals surface area contributed by atoms with Gasteiger partial charge in [0.05, 0.1) is 11.9 Å². The molecule has 9 heteroatoms. The maximum absolute atomic E-state index is 12.6. The van der Waals surface area contributed by atoms with Gasteiger partial charge in [-0.25, -0.2) is 4.90 Å². The van der Waals surface area contributed by atoms with E-state index in [2.05, 4.69) is 42.1 Å². The summed E-state index contributed by atoms with van der Waals surface area (Å²) in [5.74, 6) is -0.562. The first-order chi connectivity index (χ1) is 12.9. The molecule has 0 saturated carbocycles. The van der Waals surface area contributed by atoms with Crippen molar-refractivity contribution in [1.82, 2.24) is 0 Å². The van der Waals surface area contributed by atoms with Crippen LogP contribution in [0.4, 0.5) is 5.69 Å². The van der Waals surface area contributed by atoms with Crippen LogP contribution in [0, 0.1) is 0 Å². The highest BCUT2D eigenvalue weighted by molar-refractivity contribution is 9.10. The van der Waals surface area contributed by atoms with Crippen molar-refractivity contribution in [3.63, 3.8) is 0 Å². The second-order valence-corrected chi connectivity index (χ2v) is 8.64. The molecule has 0 aromatic heterocycles. The van der Waals surface area contributed by atoms with Gasteiger partial charge in [0.15, 0.2) is 5.17 Å². The number of hydrogen-bond acceptors (Lipinski definition) is 5. The normalized spacial score (nSPS) is 17.9. The summed E-state index contributed by atoms with van der Waals surface area (Å²) in [6.07, 6.45) is 1.64. The topological polar surface area (TPSA) is 88.1 Å². The minimum Gasteiger partial charge on any atom is -0.377 e. The van der Waals surface area contributed by atoms with Crippen molar-refractivity contribution in [2.45, 2.75) is 11.7 Å². The van der Waals surface area contributed by atoms with E-state index >= 15 is 0 Å². The summed E-state index contributed by atoms with van der Waals surface area (Å²) in [5.41, 5.74) is 7.27. The summed E-state index contributed by atoms with van der Waals surface area (Å²) in [4.78, 5) is 26.0. The van der Waals surface area contributed by atoms with E-state index in [1.807, 2.05) is 24.3 Å². The minimum absolute atomic E-state index is 0.0756. The van der Waals surface area contributed by atoms with Gasteiger partial charge < -0.3 is 5.73 Å². The number of carbonyl (C=O) groups excluding carboxylic acids is 2. The van der Waals surface area contributed by atoms with Gasteiger partial charge in [-0.2, -0.15) is 5.10 Å². The van der Waals surface area contributed by atoms with Crippen LogP contribution in [-0.4, -0.2) is 28.4 Å². The Balaban J connectivity index is 1.64. The number of imide groups is 1. The van der Waals surface area contributed by atoms with Crippen molar-refractivity contribution >= 4 is 72.5 Å². The molecular formula is C18H14Br2N4O2S. The van der Waals surface area contributed by atoms with Crippen molar-refractivity contribution < 1.29 is 9.59 Å². The van der Waals surface area contributed by atoms with Crippen LogP contribution in [0.25, 0.3) is 0 Å². The van der Waals surface area contributed by atoms with Crippen LogP contribution in [-0.2, 0) is 9.59 Å². The van der Waals surface area contributed by atoms with Crippen molar-refractivity contribution in [2.24, 2.45) is 15.9 Å². The molecule has 2 aromatic carbocycles. The molecule has 1 heterocycles. The van der Waals surface area contributed by atoms with E-state index in [1.54, 1.807) is 30.5 Å². The van der Waals surface area contributed by atoms with Gasteiger partial charge in [-0.3, -0.25) is 9.59 Å². The number of nitrogens with zero attached hydrogens (tertiary/aromatic N) is 3. The molecule has 2 aromatic rings. The van der Waals surface area contributed by atoms with Crippen LogP contribution >= 0.6 is 43.6 Å². The van der Waals surface area contributed by atoms with Crippen LogP contribution in [0.3, 0.4) is 0 Å². The zero-order valence-corrected chi connectivity index (χ0v) is 17.9. The van der Waals surface area contributed by atoms with Crippen molar-refractivity contribution in [1.29, 1.82) is 0 Å². The van der Waals surface area contributed by atoms with Crippen LogP contribution in [0.5, 0.6) is 0 Å². The quantitative estimate of drug-likeness (QED) is 0.293. The molecule has 2 N–H and O–H groups in total. The SMILES string of the molecule is NC(=N/N=C\c1ccc(Br)cc1)S[C@H]1CC(=O)N(c2ccc(Br)cc2)C1=O. The molecule has 0 bridgehead atoms. The molecule has 27 heavy (non-hydrogen) atoms. The Morgan fingerprint density at radius 1 is 1.07 bits per heavy atom. The first kappa shape index (κ1) is 19.8. The third kappa shape index (κ3) is 5.06. The first-order valence-corrected chi connectivity index (χ1v) is 10.3. The fourth-order valence-corrected chi connectivity index (χ4v) is 3.77. The number of halogens is 2. The van der Waals surface area contributed by atoms with E-state index in [1.165, 1.54) is 4.90 Å². The third-order valence-electron chi connectivity index (χ3n) is 3.69. The van der Waals surface area contributed by atoms with Gasteiger partial charge in [-0.1, -0.05) is 55.8 Å². The fraction of sp³-hybridized carbons (Fsp3) is 0.111. The number of carbonyl (C=O) groups is 2. The highest BCUT2D eigenvalue weighted by atomic mass is 79.9. The predicted molar refractivity (Wildman–Crippen MR) is 116 cm³/mol. The molecule has 0 aliphatic carbocycles. The Hall–Kier alpha value is -1.97. The van der Waals surface area contributed by atoms with E-state index in [4.69, 9.17) is 5.73 Å². The second-order valence-electron chi connectivity index (χ2n) is 5.59. The minimum atomic E-state index is -0.604. The van der Waals surface area contributed by atoms with Crippen LogP contribution in [0.15, 0.2) is 67.7 Å². The lowest BCUT2D eigenvalue weighted by Crippen LogP contribution is -2.31. The summed E-state index contributed by atoms with van der Waals surface area (Å²) < 4.78 is 1.84. The predicted octanol–water partition coefficient (Wildman–Crippen LogP) is 3.93. The highest BCUT2D eigenvalue weighted by Crippen LogP contribution is 2.30. The summed E-state index contributed by atoms with van der Waals surface area (Å²) in [6, 6.07) is 14.5. The molecule has 0 spiro atoms. The zero-order chi connectivity index (χ0) is 19.4. The lowest BCUT2D eigenvalue weighted by atomic mass is 10.2. The number of amides is 2. The van der Waals surface area contributed by atoms with Gasteiger partial charge in [0.2, 0.25) is 11.8 Å². The lowest BCUT2D eigenvalue weighted by molar-refractivity contribution is -0.121. The third-order valence-corrected chi connectivity index (χ3v) is 5.72. The molecule has 1 aliphatic rings. The van der Waals surface area contributed by atoms with E-state index in [9.17, 15) is 9.59 Å². The average Bonchev–Trinajstić information content (AvgIpc) is 2.91. The molecule has 1 fully saturated rings. The Morgan fingerprint density at radius 2 is 1.67 bits per heavy atom. The second kappa shape index (κ2) is 8.81. The van der Waals surface area contributed by atoms with Crippen molar-refractivity contribution in [3.05, 3.63) is 63.0 Å². The van der Waals surface area contributed by atoms with Gasteiger partial charge in [-0.15, -0.1) is 5.10 Å². The Morgan fingerprint density at radius 3 is 2.30 bits per heavy atom. The molecular weight excluding hydrogens is 496 g/mol. The first-order valence-electron chi connectivity index (χ1n) is 7.85. The van der Waals surface area contributed by atoms with Crippen LogP contribution in [0.1, 0.15) is 12.0 Å². The Bertz CT molecular complexity index is 914. The van der Waals surface area contributed by atoms with Gasteiger partial charge in [0.1, 0.15) is 5.25 Å². The van der Waals surface area contributed by atoms with Crippen molar-refractivity contribution in [2.75, 3.05) is 4.90 Å². The average molecular weight is 510 g/mol. The lowest BCUT2D eigenvalue weighted by Gasteiger charge is -2.14. The van der Waals surface area contributed by atoms with Gasteiger partial charge in [0, 0.05) is 15.4 Å². The molecule has 0 radical (unpaired) electrons. The maximum atomic E-state index is 12.6. The van der Waals surface area contributed by atoms with Gasteiger partial charge >= 0.3 is 0 Å². The molecule has 2 amide bonds. The Kier molecular flexibility index (Phi) is 6.46. The summed E-state index contributed by atoms with van der Waals surface area (Å²) >= 11 is 7.74. The zero-order valence-electron chi connectivity index (χ0n) is 13.9. The molecule has 1 saturated heterocycles. The maximum Gasteiger partial charge on any atom is 0.247 e. The number of nitrogens with two attached hydrogens (primary N) is 1. The van der Waals surface area contributed by atoms with Crippen LogP contribution < -0.4 is 10.6 Å². The summed E-state index contributed by atoms with van der Waals surface area (Å²) in [7, 11) is 0. The number of benzene rings is 2. The van der Waals surface area contributed by atoms with E-state index in [0.29, 0.717) is 5.69 Å². The molecule has 6 nitrogen and oxygen atoms in total. The number of rotatable bonds is 4. The molecule has 3 rings (SSSR count). The largest absolute Gasteiger partial charge is 0.377 e. The van der Waals surface area contributed by atoms with E-state index < -0.39 is 5.25 Å². The fourth-order valence-electron chi connectivity index (χ4n) is 2.43. The monoisotopic (exact) mass is 508 g/mol. The summed E-state index contributed by atoms with van der Waals surface area (Å²) in [5, 5.41) is 7.36. The molecule has 1 aliphatic heterocycles. The highest BCUT2D eigenvalue weighted by Gasteiger charge is 2.40. The Labute approximate surface area is 177 Å². The number of thioether (sulfide) groups is 1. The van der Waals surface area contributed by atoms with Crippen molar-refractivity contribution in [3.8, 4) is 0 Å². The van der Waals surface area contributed by atoms with E-state index in [-0.39, 0.29) is 23.4 Å². The van der Waals surface area contributed by atoms with E-state index in [0.717, 1.165) is 26.3 Å². The molecule has 1 atom stereocenters. The number of anilines is 1. The van der Waals surface area contributed by atoms with Gasteiger partial charge in [-0.05, 0) is 42.0 Å². The summed E-state index contributed by atoms with van der Waals surface area (Å²) in [6.45, 7) is 0. The van der Waals surface area contributed by atoms with Crippen LogP contribution in [0.2, 0.25) is 0 Å². The van der Waals surface area contributed by atoms with Gasteiger partial charge in [0.25, 0.3) is 0 Å². The number of amidine groups is 1. The standard InChI is InChI=1S/C18H14Br2N4O2S/c19-12-3-1-11(2-4-12)10-22-23-18(21)27-15-9-16(25)24(17(15)26)14-7-5-13(20)6-8-14/h1-8,10,15H,9H2,(H2,21,23)/b22-10-/t15-/m0/s1. The smallest absolute Gasteiger partial charge is 0.247 e.